The number of nitrogens with one attached hydrogen (secondary N) is 2. The molecule has 8 heteroatoms. The largest absolute Gasteiger partial charge is 0.504 e. The number of phenols is 1. The molecule has 7 nitrogen and oxygen atoms in total. The molecular weight excluding hydrogens is 495 g/mol. The van der Waals surface area contributed by atoms with Gasteiger partial charge in [0, 0.05) is 31.7 Å². The summed E-state index contributed by atoms with van der Waals surface area (Å²) < 4.78 is 5.15. The van der Waals surface area contributed by atoms with Gasteiger partial charge in [0.15, 0.2) is 17.5 Å². The van der Waals surface area contributed by atoms with E-state index in [1.54, 1.807) is 11.0 Å². The van der Waals surface area contributed by atoms with Crippen LogP contribution in [0.5, 0.6) is 11.5 Å². The topological polar surface area (TPSA) is 86.2 Å². The van der Waals surface area contributed by atoms with Gasteiger partial charge in [-0.05, 0) is 37.1 Å². The third-order valence-corrected chi connectivity index (χ3v) is 4.83. The molecule has 3 N–H and O–H groups in total. The molecule has 0 saturated carbocycles. The van der Waals surface area contributed by atoms with Crippen molar-refractivity contribution in [3.05, 3.63) is 54.1 Å². The molecule has 0 aromatic heterocycles. The molecule has 0 radical (unpaired) electrons. The molecule has 0 spiro atoms. The number of carbonyl (C=O) groups is 1. The van der Waals surface area contributed by atoms with Crippen molar-refractivity contribution in [2.45, 2.75) is 25.8 Å². The monoisotopic (exact) mass is 524 g/mol. The number of hydrogen-bond acceptors (Lipinski definition) is 4. The van der Waals surface area contributed by atoms with Gasteiger partial charge in [-0.25, -0.2) is 0 Å². The molecule has 2 aromatic rings. The van der Waals surface area contributed by atoms with Crippen molar-refractivity contribution >= 4 is 41.5 Å². The Kier molecular flexibility index (Phi) is 9.22. The van der Waals surface area contributed by atoms with E-state index in [9.17, 15) is 9.90 Å². The summed E-state index contributed by atoms with van der Waals surface area (Å²) >= 11 is 0. The first-order chi connectivity index (χ1) is 14.1. The Morgan fingerprint density at radius 3 is 2.70 bits per heavy atom. The first kappa shape index (κ1) is 23.8. The zero-order valence-corrected chi connectivity index (χ0v) is 19.6. The molecule has 1 fully saturated rings. The van der Waals surface area contributed by atoms with Crippen LogP contribution in [0.25, 0.3) is 0 Å². The van der Waals surface area contributed by atoms with Crippen molar-refractivity contribution < 1.29 is 14.6 Å². The third kappa shape index (κ3) is 6.01. The molecule has 1 unspecified atom stereocenters. The maximum Gasteiger partial charge on any atom is 0.229 e. The summed E-state index contributed by atoms with van der Waals surface area (Å²) in [4.78, 5) is 18.8. The van der Waals surface area contributed by atoms with Gasteiger partial charge in [0.2, 0.25) is 5.91 Å². The van der Waals surface area contributed by atoms with E-state index in [0.717, 1.165) is 17.8 Å². The van der Waals surface area contributed by atoms with Gasteiger partial charge in [0.05, 0.1) is 13.2 Å². The molecule has 1 heterocycles. The highest BCUT2D eigenvalue weighted by Gasteiger charge is 2.31. The number of phenolic OH excluding ortho intramolecular Hbond substituents is 1. The first-order valence-corrected chi connectivity index (χ1v) is 9.87. The van der Waals surface area contributed by atoms with Crippen molar-refractivity contribution in [3.63, 3.8) is 0 Å². The Labute approximate surface area is 194 Å². The maximum atomic E-state index is 12.4. The van der Waals surface area contributed by atoms with E-state index >= 15 is 0 Å². The molecule has 3 rings (SSSR count). The number of para-hydroxylation sites is 2. The van der Waals surface area contributed by atoms with Crippen LogP contribution in [0.3, 0.4) is 0 Å². The Morgan fingerprint density at radius 2 is 2.00 bits per heavy atom. The van der Waals surface area contributed by atoms with Crippen LogP contribution in [0.2, 0.25) is 0 Å². The van der Waals surface area contributed by atoms with E-state index in [1.807, 2.05) is 49.4 Å². The normalized spacial score (nSPS) is 16.2. The Bertz CT molecular complexity index is 861. The van der Waals surface area contributed by atoms with Gasteiger partial charge in [-0.2, -0.15) is 0 Å². The third-order valence-electron chi connectivity index (χ3n) is 4.83. The van der Waals surface area contributed by atoms with Crippen LogP contribution in [0.15, 0.2) is 53.5 Å². The molecule has 30 heavy (non-hydrogen) atoms. The summed E-state index contributed by atoms with van der Waals surface area (Å²) in [6.45, 7) is 3.82. The molecular formula is C22H29IN4O3. The number of aromatic hydroxyl groups is 1. The van der Waals surface area contributed by atoms with Crippen LogP contribution >= 0.6 is 24.0 Å². The zero-order valence-electron chi connectivity index (χ0n) is 17.3. The minimum absolute atomic E-state index is 0. The number of halogens is 1. The maximum absolute atomic E-state index is 12.4. The molecule has 0 bridgehead atoms. The number of methoxy groups -OCH3 is 1. The number of nitrogens with zero attached hydrogens (tertiary/aromatic N) is 2. The van der Waals surface area contributed by atoms with Crippen LogP contribution < -0.4 is 20.3 Å². The molecule has 1 aliphatic rings. The molecule has 1 aliphatic heterocycles. The molecule has 0 aliphatic carbocycles. The summed E-state index contributed by atoms with van der Waals surface area (Å²) in [7, 11) is 1.53. The van der Waals surface area contributed by atoms with Gasteiger partial charge < -0.3 is 25.4 Å². The van der Waals surface area contributed by atoms with E-state index in [1.165, 1.54) is 7.11 Å². The minimum atomic E-state index is -0.00858. The van der Waals surface area contributed by atoms with E-state index in [2.05, 4.69) is 15.6 Å². The van der Waals surface area contributed by atoms with Gasteiger partial charge in [-0.1, -0.05) is 30.3 Å². The van der Waals surface area contributed by atoms with Gasteiger partial charge in [0.25, 0.3) is 0 Å². The second-order valence-electron chi connectivity index (χ2n) is 6.86. The van der Waals surface area contributed by atoms with Gasteiger partial charge in [-0.15, -0.1) is 24.0 Å². The lowest BCUT2D eigenvalue weighted by Gasteiger charge is -2.19. The highest BCUT2D eigenvalue weighted by atomic mass is 127. The van der Waals surface area contributed by atoms with Gasteiger partial charge >= 0.3 is 0 Å². The number of ether oxygens (including phenoxy) is 1. The molecule has 1 atom stereocenters. The Balaban J connectivity index is 0.00000320. The highest BCUT2D eigenvalue weighted by Crippen LogP contribution is 2.29. The fraction of sp³-hybridized carbons (Fsp3) is 0.364. The lowest BCUT2D eigenvalue weighted by Crippen LogP contribution is -2.44. The smallest absolute Gasteiger partial charge is 0.229 e. The lowest BCUT2D eigenvalue weighted by atomic mass is 10.1. The Hall–Kier alpha value is -2.49. The quantitative estimate of drug-likeness (QED) is 0.295. The predicted octanol–water partition coefficient (Wildman–Crippen LogP) is 2.92. The zero-order chi connectivity index (χ0) is 20.6. The highest BCUT2D eigenvalue weighted by molar-refractivity contribution is 14.0. The van der Waals surface area contributed by atoms with E-state index < -0.39 is 0 Å². The average molecular weight is 524 g/mol. The average Bonchev–Trinajstić information content (AvgIpc) is 3.10. The summed E-state index contributed by atoms with van der Waals surface area (Å²) in [6, 6.07) is 15.1. The van der Waals surface area contributed by atoms with E-state index in [-0.39, 0.29) is 41.7 Å². The van der Waals surface area contributed by atoms with E-state index in [4.69, 9.17) is 4.74 Å². The predicted molar refractivity (Wildman–Crippen MR) is 130 cm³/mol. The number of benzene rings is 2. The van der Waals surface area contributed by atoms with Crippen LogP contribution in [0.4, 0.5) is 5.69 Å². The van der Waals surface area contributed by atoms with Gasteiger partial charge in [0.1, 0.15) is 0 Å². The van der Waals surface area contributed by atoms with Crippen LogP contribution in [-0.2, 0) is 11.2 Å². The van der Waals surface area contributed by atoms with Crippen molar-refractivity contribution in [1.29, 1.82) is 0 Å². The van der Waals surface area contributed by atoms with Crippen molar-refractivity contribution in [2.75, 3.05) is 31.6 Å². The molecule has 1 saturated heterocycles. The number of hydrogen-bond donors (Lipinski definition) is 3. The number of carbonyl (C=O) groups excluding carboxylic acids is 1. The molecule has 162 valence electrons. The number of aliphatic imine (C=N–C) groups is 1. The second kappa shape index (κ2) is 11.6. The van der Waals surface area contributed by atoms with Gasteiger partial charge in [-0.3, -0.25) is 9.79 Å². The van der Waals surface area contributed by atoms with Crippen LogP contribution in [-0.4, -0.2) is 49.8 Å². The first-order valence-electron chi connectivity index (χ1n) is 9.87. The number of rotatable bonds is 7. The summed E-state index contributed by atoms with van der Waals surface area (Å²) in [6.07, 6.45) is 1.01. The fourth-order valence-electron chi connectivity index (χ4n) is 3.40. The molecule has 1 amide bonds. The van der Waals surface area contributed by atoms with Crippen molar-refractivity contribution in [2.24, 2.45) is 4.99 Å². The van der Waals surface area contributed by atoms with Crippen molar-refractivity contribution in [3.8, 4) is 11.5 Å². The fourth-order valence-corrected chi connectivity index (χ4v) is 3.40. The summed E-state index contributed by atoms with van der Waals surface area (Å²) in [5.74, 6) is 1.39. The minimum Gasteiger partial charge on any atom is -0.504 e. The SMILES string of the molecule is CCNC(=NCCc1cccc(OC)c1O)NC1CC(=O)N(c2ccccc2)C1.I. The second-order valence-corrected chi connectivity index (χ2v) is 6.86. The summed E-state index contributed by atoms with van der Waals surface area (Å²) in [5.41, 5.74) is 1.70. The number of anilines is 1. The number of amides is 1. The van der Waals surface area contributed by atoms with Crippen molar-refractivity contribution in [1.82, 2.24) is 10.6 Å². The number of guanidine groups is 1. The van der Waals surface area contributed by atoms with Crippen LogP contribution in [0, 0.1) is 0 Å². The molecule has 2 aromatic carbocycles. The van der Waals surface area contributed by atoms with E-state index in [0.29, 0.717) is 37.6 Å². The summed E-state index contributed by atoms with van der Waals surface area (Å²) in [5, 5.41) is 16.8. The standard InChI is InChI=1S/C22H28N4O3.HI/c1-3-23-22(24-13-12-16-8-7-11-19(29-2)21(16)28)25-17-14-20(27)26(15-17)18-9-5-4-6-10-18;/h4-11,17,28H,3,12-15H2,1-2H3,(H2,23,24,25);1H. The Morgan fingerprint density at radius 1 is 1.23 bits per heavy atom. The van der Waals surface area contributed by atoms with Crippen LogP contribution in [0.1, 0.15) is 18.9 Å². The lowest BCUT2D eigenvalue weighted by molar-refractivity contribution is -0.117.